The second kappa shape index (κ2) is 7.86. The summed E-state index contributed by atoms with van der Waals surface area (Å²) >= 11 is 0. The maximum absolute atomic E-state index is 12.4. The molecular formula is C19H23NO5S. The van der Waals surface area contributed by atoms with Gasteiger partial charge in [0.05, 0.1) is 10.5 Å². The number of esters is 1. The summed E-state index contributed by atoms with van der Waals surface area (Å²) in [5.74, 6) is -0.928. The Bertz CT molecular complexity index is 924. The molecule has 1 aromatic heterocycles. The van der Waals surface area contributed by atoms with Crippen molar-refractivity contribution >= 4 is 21.6 Å². The third-order valence-electron chi connectivity index (χ3n) is 4.17. The van der Waals surface area contributed by atoms with Crippen molar-refractivity contribution in [3.8, 4) is 0 Å². The van der Waals surface area contributed by atoms with E-state index < -0.39 is 15.8 Å². The van der Waals surface area contributed by atoms with Gasteiger partial charge in [0.2, 0.25) is 5.78 Å². The van der Waals surface area contributed by atoms with Gasteiger partial charge < -0.3 is 9.30 Å². The van der Waals surface area contributed by atoms with Crippen LogP contribution in [0.15, 0.2) is 35.2 Å². The quantitative estimate of drug-likeness (QED) is 0.547. The Morgan fingerprint density at radius 3 is 2.27 bits per heavy atom. The lowest BCUT2D eigenvalue weighted by atomic mass is 10.1. The molecule has 26 heavy (non-hydrogen) atoms. The normalized spacial score (nSPS) is 11.4. The van der Waals surface area contributed by atoms with Gasteiger partial charge in [-0.25, -0.2) is 13.2 Å². The zero-order valence-corrected chi connectivity index (χ0v) is 16.2. The number of sulfone groups is 1. The summed E-state index contributed by atoms with van der Waals surface area (Å²) in [5, 5.41) is 0. The first kappa shape index (κ1) is 19.9. The van der Waals surface area contributed by atoms with Crippen molar-refractivity contribution in [2.75, 3.05) is 12.9 Å². The fourth-order valence-corrected chi connectivity index (χ4v) is 3.41. The monoisotopic (exact) mass is 377 g/mol. The van der Waals surface area contributed by atoms with E-state index in [0.717, 1.165) is 30.6 Å². The van der Waals surface area contributed by atoms with E-state index in [1.807, 2.05) is 19.9 Å². The molecule has 0 fully saturated rings. The molecule has 140 valence electrons. The lowest BCUT2D eigenvalue weighted by Crippen LogP contribution is -2.15. The minimum Gasteiger partial charge on any atom is -0.454 e. The Morgan fingerprint density at radius 2 is 1.73 bits per heavy atom. The van der Waals surface area contributed by atoms with E-state index in [4.69, 9.17) is 4.74 Å². The van der Waals surface area contributed by atoms with Gasteiger partial charge in [0.25, 0.3) is 0 Å². The van der Waals surface area contributed by atoms with Crippen LogP contribution in [0.2, 0.25) is 0 Å². The molecule has 1 aromatic carbocycles. The number of rotatable bonds is 7. The van der Waals surface area contributed by atoms with Gasteiger partial charge in [0, 0.05) is 29.8 Å². The molecule has 0 bridgehead atoms. The Kier molecular flexibility index (Phi) is 6.02. The molecule has 0 aliphatic rings. The first-order chi connectivity index (χ1) is 12.1. The molecule has 1 heterocycles. The second-order valence-corrected chi connectivity index (χ2v) is 8.25. The molecule has 0 amide bonds. The van der Waals surface area contributed by atoms with Crippen LogP contribution in [0.25, 0.3) is 0 Å². The molecular weight excluding hydrogens is 354 g/mol. The van der Waals surface area contributed by atoms with Gasteiger partial charge in [-0.05, 0) is 50.6 Å². The number of carbonyl (C=O) groups excluding carboxylic acids is 2. The number of Topliss-reactive ketones (excluding diaryl/α,β-unsaturated/α-hetero) is 1. The number of hydrogen-bond acceptors (Lipinski definition) is 5. The molecule has 0 aliphatic heterocycles. The predicted molar refractivity (Wildman–Crippen MR) is 98.4 cm³/mol. The molecule has 0 unspecified atom stereocenters. The number of aryl methyl sites for hydroxylation is 1. The standard InChI is InChI=1S/C19H23NO5S/c1-5-10-20-13(2)11-17(14(20)3)18(21)12-25-19(22)15-6-8-16(9-7-15)26(4,23)24/h6-9,11H,5,10,12H2,1-4H3. The van der Waals surface area contributed by atoms with Crippen LogP contribution in [0.3, 0.4) is 0 Å². The van der Waals surface area contributed by atoms with Crippen LogP contribution in [0.5, 0.6) is 0 Å². The summed E-state index contributed by atoms with van der Waals surface area (Å²) in [6.07, 6.45) is 2.05. The summed E-state index contributed by atoms with van der Waals surface area (Å²) in [6.45, 7) is 6.36. The van der Waals surface area contributed by atoms with Crippen LogP contribution in [0.1, 0.15) is 45.4 Å². The van der Waals surface area contributed by atoms with Crippen molar-refractivity contribution in [1.82, 2.24) is 4.57 Å². The molecule has 7 heteroatoms. The van der Waals surface area contributed by atoms with Gasteiger partial charge in [0.1, 0.15) is 0 Å². The van der Waals surface area contributed by atoms with Gasteiger partial charge in [-0.1, -0.05) is 6.92 Å². The van der Waals surface area contributed by atoms with Gasteiger partial charge >= 0.3 is 5.97 Å². The van der Waals surface area contributed by atoms with Crippen LogP contribution in [0, 0.1) is 13.8 Å². The summed E-state index contributed by atoms with van der Waals surface area (Å²) in [6, 6.07) is 7.23. The smallest absolute Gasteiger partial charge is 0.338 e. The van der Waals surface area contributed by atoms with E-state index >= 15 is 0 Å². The first-order valence-electron chi connectivity index (χ1n) is 8.32. The Hall–Kier alpha value is -2.41. The summed E-state index contributed by atoms with van der Waals surface area (Å²) in [5.41, 5.74) is 2.61. The third kappa shape index (κ3) is 4.40. The van der Waals surface area contributed by atoms with Crippen LogP contribution < -0.4 is 0 Å². The zero-order valence-electron chi connectivity index (χ0n) is 15.4. The molecule has 0 aliphatic carbocycles. The SMILES string of the molecule is CCCn1c(C)cc(C(=O)COC(=O)c2ccc(S(C)(=O)=O)cc2)c1C. The van der Waals surface area contributed by atoms with E-state index in [1.165, 1.54) is 24.3 Å². The topological polar surface area (TPSA) is 82.4 Å². The molecule has 0 spiro atoms. The molecule has 0 saturated heterocycles. The molecule has 6 nitrogen and oxygen atoms in total. The van der Waals surface area contributed by atoms with Crippen LogP contribution >= 0.6 is 0 Å². The molecule has 2 rings (SSSR count). The highest BCUT2D eigenvalue weighted by Gasteiger charge is 2.18. The largest absolute Gasteiger partial charge is 0.454 e. The van der Waals surface area contributed by atoms with E-state index in [0.29, 0.717) is 5.56 Å². The van der Waals surface area contributed by atoms with E-state index in [9.17, 15) is 18.0 Å². The molecule has 2 aromatic rings. The zero-order chi connectivity index (χ0) is 19.5. The van der Waals surface area contributed by atoms with Gasteiger partial charge in [0.15, 0.2) is 16.4 Å². The summed E-state index contributed by atoms with van der Waals surface area (Å²) in [7, 11) is -3.33. The highest BCUT2D eigenvalue weighted by molar-refractivity contribution is 7.90. The Labute approximate surface area is 153 Å². The van der Waals surface area contributed by atoms with E-state index in [1.54, 1.807) is 0 Å². The highest BCUT2D eigenvalue weighted by atomic mass is 32.2. The second-order valence-electron chi connectivity index (χ2n) is 6.23. The van der Waals surface area contributed by atoms with Gasteiger partial charge in [-0.2, -0.15) is 0 Å². The molecule has 0 atom stereocenters. The van der Waals surface area contributed by atoms with Crippen LogP contribution in [-0.4, -0.2) is 37.6 Å². The molecule has 0 radical (unpaired) electrons. The first-order valence-corrected chi connectivity index (χ1v) is 10.2. The van der Waals surface area contributed by atoms with Crippen molar-refractivity contribution < 1.29 is 22.7 Å². The van der Waals surface area contributed by atoms with Gasteiger partial charge in [-0.15, -0.1) is 0 Å². The summed E-state index contributed by atoms with van der Waals surface area (Å²) in [4.78, 5) is 24.6. The number of aromatic nitrogens is 1. The fraction of sp³-hybridized carbons (Fsp3) is 0.368. The minimum atomic E-state index is -3.33. The number of nitrogens with zero attached hydrogens (tertiary/aromatic N) is 1. The van der Waals surface area contributed by atoms with Crippen molar-refractivity contribution in [2.24, 2.45) is 0 Å². The van der Waals surface area contributed by atoms with E-state index in [-0.39, 0.29) is 22.8 Å². The van der Waals surface area contributed by atoms with E-state index in [2.05, 4.69) is 11.5 Å². The predicted octanol–water partition coefficient (Wildman–Crippen LogP) is 2.96. The lowest BCUT2D eigenvalue weighted by molar-refractivity contribution is 0.0474. The third-order valence-corrected chi connectivity index (χ3v) is 5.30. The van der Waals surface area contributed by atoms with Gasteiger partial charge in [-0.3, -0.25) is 4.79 Å². The average Bonchev–Trinajstić information content (AvgIpc) is 2.87. The summed E-state index contributed by atoms with van der Waals surface area (Å²) < 4.78 is 30.0. The van der Waals surface area contributed by atoms with Crippen LogP contribution in [0.4, 0.5) is 0 Å². The minimum absolute atomic E-state index is 0.119. The van der Waals surface area contributed by atoms with Crippen molar-refractivity contribution in [3.63, 3.8) is 0 Å². The molecule has 0 saturated carbocycles. The lowest BCUT2D eigenvalue weighted by Gasteiger charge is -2.08. The van der Waals surface area contributed by atoms with Crippen LogP contribution in [-0.2, 0) is 21.1 Å². The highest BCUT2D eigenvalue weighted by Crippen LogP contribution is 2.17. The number of benzene rings is 1. The maximum Gasteiger partial charge on any atom is 0.338 e. The average molecular weight is 377 g/mol. The maximum atomic E-state index is 12.4. The number of ether oxygens (including phenoxy) is 1. The van der Waals surface area contributed by atoms with Crippen molar-refractivity contribution in [1.29, 1.82) is 0 Å². The number of hydrogen-bond donors (Lipinski definition) is 0. The Morgan fingerprint density at radius 1 is 1.12 bits per heavy atom. The Balaban J connectivity index is 2.05. The number of carbonyl (C=O) groups is 2. The molecule has 0 N–H and O–H groups in total. The van der Waals surface area contributed by atoms with Crippen molar-refractivity contribution in [2.45, 2.75) is 38.6 Å². The van der Waals surface area contributed by atoms with Crippen molar-refractivity contribution in [3.05, 3.63) is 52.8 Å². The number of ketones is 1. The fourth-order valence-electron chi connectivity index (χ4n) is 2.78.